The predicted molar refractivity (Wildman–Crippen MR) is 145 cm³/mol. The maximum Gasteiger partial charge on any atom is 0.542 e. The Hall–Kier alpha value is -3.53. The lowest BCUT2D eigenvalue weighted by Gasteiger charge is -2.27. The van der Waals surface area contributed by atoms with Crippen LogP contribution in [0.25, 0.3) is 0 Å². The van der Waals surface area contributed by atoms with E-state index in [9.17, 15) is 0 Å². The lowest BCUT2D eigenvalue weighted by atomic mass is 9.61. The molecule has 0 atom stereocenters. The molecule has 0 spiro atoms. The fourth-order valence-electron chi connectivity index (χ4n) is 5.29. The number of pyridine rings is 1. The summed E-state index contributed by atoms with van der Waals surface area (Å²) in [4.78, 5) is 5.07. The Kier molecular flexibility index (Phi) is 5.69. The molecule has 0 saturated carbocycles. The molecule has 0 amide bonds. The van der Waals surface area contributed by atoms with Crippen LogP contribution in [0.3, 0.4) is 0 Å². The zero-order valence-corrected chi connectivity index (χ0v) is 21.1. The van der Waals surface area contributed by atoms with E-state index in [0.717, 1.165) is 0 Å². The van der Waals surface area contributed by atoms with E-state index in [1.54, 1.807) is 0 Å². The second-order valence-corrected chi connectivity index (χ2v) is 9.78. The number of rotatable bonds is 4. The molecule has 4 heteroatoms. The van der Waals surface area contributed by atoms with E-state index in [4.69, 9.17) is 0 Å². The van der Waals surface area contributed by atoms with Crippen LogP contribution in [0.15, 0.2) is 85.1 Å². The van der Waals surface area contributed by atoms with Crippen molar-refractivity contribution in [2.45, 2.75) is 40.5 Å². The van der Waals surface area contributed by atoms with Gasteiger partial charge in [0, 0.05) is 17.2 Å². The van der Waals surface area contributed by atoms with Crippen molar-refractivity contribution in [1.82, 2.24) is 0 Å². The van der Waals surface area contributed by atoms with Crippen molar-refractivity contribution in [1.29, 1.82) is 0 Å². The van der Waals surface area contributed by atoms with Gasteiger partial charge >= 0.3 is 6.98 Å². The van der Waals surface area contributed by atoms with E-state index in [0.29, 0.717) is 5.92 Å². The highest BCUT2D eigenvalue weighted by Gasteiger charge is 2.53. The first-order chi connectivity index (χ1) is 16.4. The number of aromatic nitrogens is 1. The second-order valence-electron chi connectivity index (χ2n) is 9.78. The monoisotopic (exact) mass is 446 g/mol. The number of hydrogen-bond donors (Lipinski definition) is 0. The van der Waals surface area contributed by atoms with Gasteiger partial charge in [0.15, 0.2) is 0 Å². The second kappa shape index (κ2) is 8.68. The molecular formula is C30H33BN3+. The zero-order chi connectivity index (χ0) is 24.0. The molecule has 0 radical (unpaired) electrons. The third-order valence-electron chi connectivity index (χ3n) is 7.10. The lowest BCUT2D eigenvalue weighted by molar-refractivity contribution is -0.658. The van der Waals surface area contributed by atoms with Gasteiger partial charge in [-0.1, -0.05) is 62.4 Å². The summed E-state index contributed by atoms with van der Waals surface area (Å²) in [6, 6.07) is 28.7. The van der Waals surface area contributed by atoms with Crippen LogP contribution in [0.4, 0.5) is 22.9 Å². The van der Waals surface area contributed by atoms with Crippen LogP contribution < -0.4 is 19.7 Å². The van der Waals surface area contributed by atoms with Crippen LogP contribution in [0, 0.1) is 20.8 Å². The van der Waals surface area contributed by atoms with Crippen LogP contribution in [0.2, 0.25) is 0 Å². The van der Waals surface area contributed by atoms with Crippen molar-refractivity contribution in [2.75, 3.05) is 9.62 Å². The van der Waals surface area contributed by atoms with E-state index in [2.05, 4.69) is 141 Å². The van der Waals surface area contributed by atoms with Crippen molar-refractivity contribution in [3.8, 4) is 0 Å². The smallest absolute Gasteiger partial charge is 0.336 e. The molecular weight excluding hydrogens is 413 g/mol. The van der Waals surface area contributed by atoms with Crippen LogP contribution in [-0.4, -0.2) is 6.98 Å². The summed E-state index contributed by atoms with van der Waals surface area (Å²) in [6.07, 6.45) is 2.20. The Labute approximate surface area is 204 Å². The number of hydrogen-bond acceptors (Lipinski definition) is 2. The fourth-order valence-corrected chi connectivity index (χ4v) is 5.29. The molecule has 4 aromatic rings. The van der Waals surface area contributed by atoms with E-state index >= 15 is 0 Å². The minimum Gasteiger partial charge on any atom is -0.336 e. The normalized spacial score (nSPS) is 13.1. The Morgan fingerprint density at radius 2 is 1.38 bits per heavy atom. The van der Waals surface area contributed by atoms with Gasteiger partial charge in [-0.25, -0.2) is 4.57 Å². The van der Waals surface area contributed by atoms with Gasteiger partial charge in [0.2, 0.25) is 0 Å². The Balaban J connectivity index is 1.86. The average Bonchev–Trinajstić information content (AvgIpc) is 3.15. The number of nitrogens with zero attached hydrogens (tertiary/aromatic N) is 3. The highest BCUT2D eigenvalue weighted by atomic mass is 15.3. The van der Waals surface area contributed by atoms with Gasteiger partial charge in [-0.05, 0) is 73.2 Å². The van der Waals surface area contributed by atoms with E-state index in [-0.39, 0.29) is 6.98 Å². The SMILES string of the molecule is Cc1cccc(C)c1B1N(c2ccccc2)c2cccc(C)c2N1c1cc(C(C)C)cc[n+]1C. The van der Waals surface area contributed by atoms with Gasteiger partial charge in [-0.2, -0.15) is 0 Å². The minimum absolute atomic E-state index is 0.00770. The van der Waals surface area contributed by atoms with Gasteiger partial charge in [0.1, 0.15) is 5.69 Å². The summed E-state index contributed by atoms with van der Waals surface area (Å²) in [5, 5.41) is 0. The molecule has 3 aromatic carbocycles. The quantitative estimate of drug-likeness (QED) is 0.271. The van der Waals surface area contributed by atoms with Crippen LogP contribution in [0.1, 0.15) is 42.0 Å². The standard InChI is InChI=1S/C30H33BN3/c1-21(2)25-18-19-32(6)28(20-25)34-30-24(5)14-11-17-27(30)33(26-15-8-7-9-16-26)31(34)29-22(3)12-10-13-23(29)4/h7-21H,1-6H3/q+1. The molecule has 0 bridgehead atoms. The highest BCUT2D eigenvalue weighted by molar-refractivity contribution is 6.85. The molecule has 170 valence electrons. The first-order valence-electron chi connectivity index (χ1n) is 12.2. The summed E-state index contributed by atoms with van der Waals surface area (Å²) in [6.45, 7) is 11.2. The molecule has 3 nitrogen and oxygen atoms in total. The summed E-state index contributed by atoms with van der Waals surface area (Å²) in [7, 11) is 2.16. The van der Waals surface area contributed by atoms with Crippen molar-refractivity contribution in [3.63, 3.8) is 0 Å². The third kappa shape index (κ3) is 3.58. The average molecular weight is 446 g/mol. The highest BCUT2D eigenvalue weighted by Crippen LogP contribution is 2.47. The molecule has 0 saturated heterocycles. The third-order valence-corrected chi connectivity index (χ3v) is 7.10. The summed E-state index contributed by atoms with van der Waals surface area (Å²) in [5.74, 6) is 1.66. The number of benzene rings is 3. The Morgan fingerprint density at radius 3 is 2.06 bits per heavy atom. The van der Waals surface area contributed by atoms with Crippen LogP contribution in [0.5, 0.6) is 0 Å². The van der Waals surface area contributed by atoms with Crippen molar-refractivity contribution < 1.29 is 4.57 Å². The first kappa shape index (κ1) is 22.3. The van der Waals surface area contributed by atoms with Crippen LogP contribution >= 0.6 is 0 Å². The van der Waals surface area contributed by atoms with Gasteiger partial charge in [0.25, 0.3) is 5.82 Å². The van der Waals surface area contributed by atoms with Crippen molar-refractivity contribution in [2.24, 2.45) is 7.05 Å². The van der Waals surface area contributed by atoms with Gasteiger partial charge < -0.3 is 4.81 Å². The largest absolute Gasteiger partial charge is 0.542 e. The van der Waals surface area contributed by atoms with Gasteiger partial charge in [-0.3, -0.25) is 4.81 Å². The summed E-state index contributed by atoms with van der Waals surface area (Å²) >= 11 is 0. The maximum absolute atomic E-state index is 2.55. The van der Waals surface area contributed by atoms with Crippen molar-refractivity contribution in [3.05, 3.63) is 107 Å². The number of anilines is 4. The van der Waals surface area contributed by atoms with Crippen molar-refractivity contribution >= 4 is 35.3 Å². The molecule has 0 aliphatic carbocycles. The van der Waals surface area contributed by atoms with Crippen LogP contribution in [-0.2, 0) is 7.05 Å². The molecule has 1 aromatic heterocycles. The Morgan fingerprint density at radius 1 is 0.735 bits per heavy atom. The summed E-state index contributed by atoms with van der Waals surface area (Å²) < 4.78 is 2.26. The first-order valence-corrected chi connectivity index (χ1v) is 12.2. The van der Waals surface area contributed by atoms with E-state index in [1.165, 1.54) is 50.6 Å². The van der Waals surface area contributed by atoms with Gasteiger partial charge in [-0.15, -0.1) is 0 Å². The Bertz CT molecular complexity index is 1330. The maximum atomic E-state index is 2.55. The molecule has 2 heterocycles. The molecule has 0 fully saturated rings. The number of fused-ring (bicyclic) bond motifs is 1. The molecule has 0 unspecified atom stereocenters. The lowest BCUT2D eigenvalue weighted by Crippen LogP contribution is -2.57. The minimum atomic E-state index is 0.00770. The summed E-state index contributed by atoms with van der Waals surface area (Å²) in [5.41, 5.74) is 10.3. The fraction of sp³-hybridized carbons (Fsp3) is 0.233. The predicted octanol–water partition coefficient (Wildman–Crippen LogP) is 6.24. The van der Waals surface area contributed by atoms with Gasteiger partial charge in [0.05, 0.1) is 18.9 Å². The topological polar surface area (TPSA) is 10.4 Å². The number of para-hydroxylation sites is 2. The van der Waals surface area contributed by atoms with E-state index in [1.807, 2.05) is 0 Å². The molecule has 1 aliphatic rings. The molecule has 5 rings (SSSR count). The molecule has 1 aliphatic heterocycles. The molecule has 34 heavy (non-hydrogen) atoms. The number of aryl methyl sites for hydroxylation is 4. The zero-order valence-electron chi connectivity index (χ0n) is 21.1. The molecule has 0 N–H and O–H groups in total. The van der Waals surface area contributed by atoms with E-state index < -0.39 is 0 Å².